The Balaban J connectivity index is 2.05. The van der Waals surface area contributed by atoms with Crippen molar-refractivity contribution < 1.29 is 9.59 Å². The molecule has 1 rings (SSSR count). The Morgan fingerprint density at radius 3 is 2.31 bits per heavy atom. The molecule has 1 unspecified atom stereocenters. The van der Waals surface area contributed by atoms with Crippen LogP contribution in [0.15, 0.2) is 0 Å². The quantitative estimate of drug-likeness (QED) is 0.567. The van der Waals surface area contributed by atoms with Gasteiger partial charge in [0, 0.05) is 19.0 Å². The van der Waals surface area contributed by atoms with Gasteiger partial charge in [-0.05, 0) is 18.8 Å². The van der Waals surface area contributed by atoms with Gasteiger partial charge in [-0.1, -0.05) is 29.8 Å². The van der Waals surface area contributed by atoms with Gasteiger partial charge in [-0.3, -0.25) is 9.59 Å². The van der Waals surface area contributed by atoms with Gasteiger partial charge in [0.05, 0.1) is 4.83 Å². The van der Waals surface area contributed by atoms with Crippen LogP contribution in [0.4, 0.5) is 0 Å². The second-order valence-corrected chi connectivity index (χ2v) is 5.49. The van der Waals surface area contributed by atoms with E-state index in [0.29, 0.717) is 13.1 Å². The van der Waals surface area contributed by atoms with E-state index in [0.717, 1.165) is 12.8 Å². The van der Waals surface area contributed by atoms with E-state index in [-0.39, 0.29) is 28.5 Å². The average molecular weight is 291 g/mol. The van der Waals surface area contributed by atoms with Crippen LogP contribution in [0.2, 0.25) is 0 Å². The molecule has 1 atom stereocenters. The van der Waals surface area contributed by atoms with Gasteiger partial charge in [-0.25, -0.2) is 0 Å². The van der Waals surface area contributed by atoms with Gasteiger partial charge in [-0.2, -0.15) is 0 Å². The van der Waals surface area contributed by atoms with E-state index in [2.05, 4.69) is 26.6 Å². The van der Waals surface area contributed by atoms with Crippen molar-refractivity contribution in [3.05, 3.63) is 0 Å². The van der Waals surface area contributed by atoms with Gasteiger partial charge in [0.2, 0.25) is 11.8 Å². The third-order valence-electron chi connectivity index (χ3n) is 2.51. The first-order chi connectivity index (χ1) is 7.52. The summed E-state index contributed by atoms with van der Waals surface area (Å²) in [6.07, 6.45) is 2.02. The summed E-state index contributed by atoms with van der Waals surface area (Å²) in [7, 11) is 0. The maximum atomic E-state index is 11.5. The Hall–Kier alpha value is -0.580. The summed E-state index contributed by atoms with van der Waals surface area (Å²) in [5.41, 5.74) is 0. The van der Waals surface area contributed by atoms with Crippen LogP contribution in [-0.4, -0.2) is 29.7 Å². The summed E-state index contributed by atoms with van der Waals surface area (Å²) in [5, 5.41) is 5.58. The van der Waals surface area contributed by atoms with E-state index in [4.69, 9.17) is 0 Å². The van der Waals surface area contributed by atoms with E-state index >= 15 is 0 Å². The van der Waals surface area contributed by atoms with Crippen molar-refractivity contribution >= 4 is 27.7 Å². The Kier molecular flexibility index (Phi) is 5.25. The highest BCUT2D eigenvalue weighted by atomic mass is 79.9. The van der Waals surface area contributed by atoms with Gasteiger partial charge < -0.3 is 10.6 Å². The van der Waals surface area contributed by atoms with Gasteiger partial charge in [0.15, 0.2) is 0 Å². The second-order valence-electron chi connectivity index (χ2n) is 4.50. The first-order valence-electron chi connectivity index (χ1n) is 5.72. The van der Waals surface area contributed by atoms with Gasteiger partial charge in [0.1, 0.15) is 0 Å². The van der Waals surface area contributed by atoms with Crippen LogP contribution in [0.25, 0.3) is 0 Å². The minimum absolute atomic E-state index is 0.0179. The van der Waals surface area contributed by atoms with Crippen molar-refractivity contribution in [3.63, 3.8) is 0 Å². The van der Waals surface area contributed by atoms with Crippen LogP contribution >= 0.6 is 15.9 Å². The van der Waals surface area contributed by atoms with E-state index in [1.807, 2.05) is 13.8 Å². The number of nitrogens with one attached hydrogen (secondary N) is 2. The fraction of sp³-hybridized carbons (Fsp3) is 0.818. The molecule has 0 spiro atoms. The van der Waals surface area contributed by atoms with Crippen molar-refractivity contribution in [2.75, 3.05) is 13.1 Å². The zero-order valence-electron chi connectivity index (χ0n) is 9.75. The molecule has 5 heteroatoms. The molecule has 1 saturated carbocycles. The lowest BCUT2D eigenvalue weighted by Gasteiger charge is -2.13. The molecule has 0 aromatic heterocycles. The number of amides is 2. The molecule has 1 fully saturated rings. The topological polar surface area (TPSA) is 58.2 Å². The predicted molar refractivity (Wildman–Crippen MR) is 66.3 cm³/mol. The summed E-state index contributed by atoms with van der Waals surface area (Å²) in [6.45, 7) is 4.97. The molecule has 1 aliphatic rings. The highest BCUT2D eigenvalue weighted by molar-refractivity contribution is 9.10. The number of hydrogen-bond acceptors (Lipinski definition) is 2. The SMILES string of the molecule is CC(C)C(Br)C(=O)NCCNC(=O)C1CC1. The first kappa shape index (κ1) is 13.5. The zero-order chi connectivity index (χ0) is 12.1. The highest BCUT2D eigenvalue weighted by Crippen LogP contribution is 2.28. The van der Waals surface area contributed by atoms with E-state index in [1.165, 1.54) is 0 Å². The van der Waals surface area contributed by atoms with Crippen molar-refractivity contribution in [1.29, 1.82) is 0 Å². The van der Waals surface area contributed by atoms with Crippen LogP contribution < -0.4 is 10.6 Å². The third-order valence-corrected chi connectivity index (χ3v) is 3.98. The maximum Gasteiger partial charge on any atom is 0.234 e. The highest BCUT2D eigenvalue weighted by Gasteiger charge is 2.29. The fourth-order valence-electron chi connectivity index (χ4n) is 1.26. The zero-order valence-corrected chi connectivity index (χ0v) is 11.3. The lowest BCUT2D eigenvalue weighted by molar-refractivity contribution is -0.123. The molecule has 16 heavy (non-hydrogen) atoms. The molecular formula is C11H19BrN2O2. The van der Waals surface area contributed by atoms with Crippen LogP contribution in [-0.2, 0) is 9.59 Å². The summed E-state index contributed by atoms with van der Waals surface area (Å²) in [5.74, 6) is 0.598. The lowest BCUT2D eigenvalue weighted by atomic mass is 10.1. The monoisotopic (exact) mass is 290 g/mol. The van der Waals surface area contributed by atoms with Crippen molar-refractivity contribution in [2.24, 2.45) is 11.8 Å². The van der Waals surface area contributed by atoms with Crippen molar-refractivity contribution in [1.82, 2.24) is 10.6 Å². The molecular weight excluding hydrogens is 272 g/mol. The van der Waals surface area contributed by atoms with Crippen molar-refractivity contribution in [3.8, 4) is 0 Å². The standard InChI is InChI=1S/C11H19BrN2O2/c1-7(2)9(12)11(16)14-6-5-13-10(15)8-3-4-8/h7-9H,3-6H2,1-2H3,(H,13,15)(H,14,16). The second kappa shape index (κ2) is 6.23. The number of halogens is 1. The smallest absolute Gasteiger partial charge is 0.234 e. The predicted octanol–water partition coefficient (Wildman–Crippen LogP) is 1.05. The fourth-order valence-corrected chi connectivity index (χ4v) is 1.42. The molecule has 0 aliphatic heterocycles. The summed E-state index contributed by atoms with van der Waals surface area (Å²) < 4.78 is 0. The van der Waals surface area contributed by atoms with Crippen LogP contribution in [0.5, 0.6) is 0 Å². The summed E-state index contributed by atoms with van der Waals surface area (Å²) >= 11 is 3.32. The number of hydrogen-bond donors (Lipinski definition) is 2. The minimum atomic E-state index is -0.161. The van der Waals surface area contributed by atoms with Gasteiger partial charge in [0.25, 0.3) is 0 Å². The Morgan fingerprint density at radius 2 is 1.81 bits per heavy atom. The Morgan fingerprint density at radius 1 is 1.25 bits per heavy atom. The Bertz CT molecular complexity index is 265. The third kappa shape index (κ3) is 4.51. The van der Waals surface area contributed by atoms with Gasteiger partial charge in [-0.15, -0.1) is 0 Å². The largest absolute Gasteiger partial charge is 0.354 e. The molecule has 0 aromatic rings. The number of rotatable bonds is 6. The molecule has 92 valence electrons. The molecule has 4 nitrogen and oxygen atoms in total. The minimum Gasteiger partial charge on any atom is -0.354 e. The van der Waals surface area contributed by atoms with E-state index in [1.54, 1.807) is 0 Å². The molecule has 0 bridgehead atoms. The number of carbonyl (C=O) groups is 2. The molecule has 0 saturated heterocycles. The summed E-state index contributed by atoms with van der Waals surface area (Å²) in [6, 6.07) is 0. The lowest BCUT2D eigenvalue weighted by Crippen LogP contribution is -2.39. The van der Waals surface area contributed by atoms with Crippen LogP contribution in [0, 0.1) is 11.8 Å². The van der Waals surface area contributed by atoms with E-state index in [9.17, 15) is 9.59 Å². The van der Waals surface area contributed by atoms with E-state index < -0.39 is 0 Å². The van der Waals surface area contributed by atoms with Crippen molar-refractivity contribution in [2.45, 2.75) is 31.5 Å². The molecule has 2 amide bonds. The van der Waals surface area contributed by atoms with Crippen LogP contribution in [0.1, 0.15) is 26.7 Å². The Labute approximate surface area is 105 Å². The van der Waals surface area contributed by atoms with Crippen LogP contribution in [0.3, 0.4) is 0 Å². The van der Waals surface area contributed by atoms with Gasteiger partial charge >= 0.3 is 0 Å². The first-order valence-corrected chi connectivity index (χ1v) is 6.63. The number of alkyl halides is 1. The molecule has 0 radical (unpaired) electrons. The number of carbonyl (C=O) groups excluding carboxylic acids is 2. The maximum absolute atomic E-state index is 11.5. The summed E-state index contributed by atoms with van der Waals surface area (Å²) in [4.78, 5) is 22.6. The molecule has 1 aliphatic carbocycles. The molecule has 2 N–H and O–H groups in total. The normalized spacial score (nSPS) is 17.0. The molecule has 0 heterocycles. The molecule has 0 aromatic carbocycles. The average Bonchev–Trinajstić information content (AvgIpc) is 3.05.